The van der Waals surface area contributed by atoms with Crippen LogP contribution in [0, 0.1) is 34.5 Å². The molecule has 186 valence electrons. The second kappa shape index (κ2) is 8.68. The number of carbonyl (C=O) groups excluding carboxylic acids is 3. The molecule has 4 aliphatic carbocycles. The Hall–Kier alpha value is -2.39. The molecule has 34 heavy (non-hydrogen) atoms. The highest BCUT2D eigenvalue weighted by Gasteiger charge is 2.67. The van der Waals surface area contributed by atoms with Crippen LogP contribution in [0.4, 0.5) is 0 Å². The van der Waals surface area contributed by atoms with Gasteiger partial charge < -0.3 is 20.4 Å². The fourth-order valence-electron chi connectivity index (χ4n) is 8.04. The van der Waals surface area contributed by atoms with Gasteiger partial charge in [0.2, 0.25) is 0 Å². The fraction of sp³-hybridized carbons (Fsp3) is 0.720. The Balaban J connectivity index is 1.75. The van der Waals surface area contributed by atoms with E-state index < -0.39 is 65.3 Å². The van der Waals surface area contributed by atoms with Crippen molar-refractivity contribution in [3.8, 4) is 0 Å². The van der Waals surface area contributed by atoms with Gasteiger partial charge in [-0.2, -0.15) is 0 Å². The normalized spacial score (nSPS) is 39.8. The van der Waals surface area contributed by atoms with E-state index in [-0.39, 0.29) is 36.4 Å². The Kier molecular flexibility index (Phi) is 6.31. The third kappa shape index (κ3) is 3.73. The molecule has 1 unspecified atom stereocenters. The van der Waals surface area contributed by atoms with Crippen LogP contribution in [0.5, 0.6) is 0 Å². The first-order valence-electron chi connectivity index (χ1n) is 12.0. The van der Waals surface area contributed by atoms with E-state index >= 15 is 0 Å². The predicted octanol–water partition coefficient (Wildman–Crippen LogP) is 1.53. The summed E-state index contributed by atoms with van der Waals surface area (Å²) in [5, 5.41) is 40.1. The van der Waals surface area contributed by atoms with Gasteiger partial charge in [0.05, 0.1) is 12.5 Å². The first kappa shape index (κ1) is 24.7. The number of aliphatic carboxylic acids is 2. The standard InChI is InChI=1S/C25H32O9/c1-24-7-6-13(26)8-12(24)2-3-14-15-4-5-16(23(34)17(27)9-20(30)31)25(15,11-18(28)22(14)24)19(29)10-21(32)33/h8,14-18,22,27-28H,2-7,9-11H2,1H3,(H,30,31)(H,32,33)/t14-,15-,16+,17?,18-,22+,24-,25+/m0/s1. The summed E-state index contributed by atoms with van der Waals surface area (Å²) in [4.78, 5) is 61.3. The van der Waals surface area contributed by atoms with E-state index in [0.717, 1.165) is 5.57 Å². The highest BCUT2D eigenvalue weighted by Crippen LogP contribution is 2.67. The quantitative estimate of drug-likeness (QED) is 0.399. The van der Waals surface area contributed by atoms with Gasteiger partial charge in [-0.05, 0) is 67.8 Å². The minimum absolute atomic E-state index is 0.0705. The number of aliphatic hydroxyl groups is 2. The zero-order chi connectivity index (χ0) is 25.0. The van der Waals surface area contributed by atoms with Crippen LogP contribution in [-0.4, -0.2) is 61.9 Å². The molecule has 0 aromatic rings. The fourth-order valence-corrected chi connectivity index (χ4v) is 8.04. The third-order valence-electron chi connectivity index (χ3n) is 9.30. The molecule has 0 aromatic carbocycles. The highest BCUT2D eigenvalue weighted by atomic mass is 16.4. The average Bonchev–Trinajstić information content (AvgIpc) is 3.12. The summed E-state index contributed by atoms with van der Waals surface area (Å²) in [6.45, 7) is 2.05. The zero-order valence-electron chi connectivity index (χ0n) is 19.2. The summed E-state index contributed by atoms with van der Waals surface area (Å²) in [7, 11) is 0. The minimum Gasteiger partial charge on any atom is -0.481 e. The molecule has 3 fully saturated rings. The third-order valence-corrected chi connectivity index (χ3v) is 9.30. The average molecular weight is 477 g/mol. The van der Waals surface area contributed by atoms with Crippen LogP contribution in [0.2, 0.25) is 0 Å². The Morgan fingerprint density at radius 3 is 2.44 bits per heavy atom. The molecule has 0 heterocycles. The molecule has 8 atom stereocenters. The lowest BCUT2D eigenvalue weighted by atomic mass is 9.44. The van der Waals surface area contributed by atoms with Crippen molar-refractivity contribution in [2.24, 2.45) is 34.5 Å². The molecular weight excluding hydrogens is 444 g/mol. The summed E-state index contributed by atoms with van der Waals surface area (Å²) in [6, 6.07) is 0. The molecule has 0 amide bonds. The van der Waals surface area contributed by atoms with Crippen LogP contribution in [0.1, 0.15) is 64.7 Å². The molecular formula is C25H32O9. The number of carbonyl (C=O) groups is 5. The first-order valence-corrected chi connectivity index (χ1v) is 12.0. The van der Waals surface area contributed by atoms with Crippen LogP contribution in [0.3, 0.4) is 0 Å². The summed E-state index contributed by atoms with van der Waals surface area (Å²) in [6.07, 6.45) is 0.129. The number of fused-ring (bicyclic) bond motifs is 5. The van der Waals surface area contributed by atoms with Gasteiger partial charge in [-0.15, -0.1) is 0 Å². The van der Waals surface area contributed by atoms with E-state index in [1.807, 2.05) is 6.92 Å². The van der Waals surface area contributed by atoms with Crippen molar-refractivity contribution in [1.82, 2.24) is 0 Å². The number of aliphatic hydroxyl groups excluding tert-OH is 2. The van der Waals surface area contributed by atoms with Crippen molar-refractivity contribution in [2.45, 2.75) is 76.9 Å². The van der Waals surface area contributed by atoms with Gasteiger partial charge >= 0.3 is 11.9 Å². The molecule has 0 bridgehead atoms. The molecule has 9 nitrogen and oxygen atoms in total. The van der Waals surface area contributed by atoms with E-state index in [0.29, 0.717) is 32.1 Å². The van der Waals surface area contributed by atoms with E-state index in [2.05, 4.69) is 0 Å². The number of rotatable bonds is 7. The van der Waals surface area contributed by atoms with Crippen molar-refractivity contribution in [3.63, 3.8) is 0 Å². The van der Waals surface area contributed by atoms with E-state index in [1.54, 1.807) is 6.08 Å². The molecule has 0 radical (unpaired) electrons. The molecule has 0 spiro atoms. The maximum atomic E-state index is 13.5. The monoisotopic (exact) mass is 476 g/mol. The van der Waals surface area contributed by atoms with Crippen LogP contribution < -0.4 is 0 Å². The topological polar surface area (TPSA) is 166 Å². The highest BCUT2D eigenvalue weighted by molar-refractivity contribution is 6.02. The number of carboxylic acid groups (broad SMARTS) is 2. The van der Waals surface area contributed by atoms with Crippen LogP contribution >= 0.6 is 0 Å². The maximum absolute atomic E-state index is 13.5. The molecule has 4 N–H and O–H groups in total. The van der Waals surface area contributed by atoms with Crippen molar-refractivity contribution in [2.75, 3.05) is 0 Å². The summed E-state index contributed by atoms with van der Waals surface area (Å²) in [5.74, 6) is -5.77. The summed E-state index contributed by atoms with van der Waals surface area (Å²) >= 11 is 0. The van der Waals surface area contributed by atoms with E-state index in [4.69, 9.17) is 5.11 Å². The Morgan fingerprint density at radius 2 is 1.79 bits per heavy atom. The Morgan fingerprint density at radius 1 is 1.09 bits per heavy atom. The number of ketones is 3. The van der Waals surface area contributed by atoms with Crippen LogP contribution in [0.15, 0.2) is 11.6 Å². The largest absolute Gasteiger partial charge is 0.481 e. The lowest BCUT2D eigenvalue weighted by Gasteiger charge is -2.59. The molecule has 9 heteroatoms. The first-order chi connectivity index (χ1) is 15.9. The molecule has 0 aromatic heterocycles. The van der Waals surface area contributed by atoms with Crippen molar-refractivity contribution < 1.29 is 44.4 Å². The summed E-state index contributed by atoms with van der Waals surface area (Å²) < 4.78 is 0. The van der Waals surface area contributed by atoms with Gasteiger partial charge in [0.15, 0.2) is 17.3 Å². The lowest BCUT2D eigenvalue weighted by molar-refractivity contribution is -0.169. The van der Waals surface area contributed by atoms with Gasteiger partial charge in [0.1, 0.15) is 12.5 Å². The maximum Gasteiger partial charge on any atom is 0.310 e. The Bertz CT molecular complexity index is 967. The van der Waals surface area contributed by atoms with E-state index in [9.17, 15) is 39.3 Å². The minimum atomic E-state index is -1.80. The van der Waals surface area contributed by atoms with Gasteiger partial charge in [0.25, 0.3) is 0 Å². The second-order valence-electron chi connectivity index (χ2n) is 10.8. The summed E-state index contributed by atoms with van der Waals surface area (Å²) in [5.41, 5.74) is -0.850. The zero-order valence-corrected chi connectivity index (χ0v) is 19.2. The molecule has 4 aliphatic rings. The van der Waals surface area contributed by atoms with Gasteiger partial charge in [-0.25, -0.2) is 0 Å². The van der Waals surface area contributed by atoms with Gasteiger partial charge in [-0.1, -0.05) is 12.5 Å². The van der Waals surface area contributed by atoms with Crippen LogP contribution in [-0.2, 0) is 24.0 Å². The molecule has 0 aliphatic heterocycles. The van der Waals surface area contributed by atoms with E-state index in [1.165, 1.54) is 0 Å². The second-order valence-corrected chi connectivity index (χ2v) is 10.8. The smallest absolute Gasteiger partial charge is 0.310 e. The number of carboxylic acids is 2. The molecule has 4 rings (SSSR count). The van der Waals surface area contributed by atoms with Crippen LogP contribution in [0.25, 0.3) is 0 Å². The molecule has 0 saturated heterocycles. The number of Topliss-reactive ketones (excluding diaryl/α,β-unsaturated/α-hetero) is 2. The van der Waals surface area contributed by atoms with Crippen molar-refractivity contribution >= 4 is 29.3 Å². The number of hydrogen-bond donors (Lipinski definition) is 4. The van der Waals surface area contributed by atoms with Gasteiger partial charge in [-0.3, -0.25) is 24.0 Å². The van der Waals surface area contributed by atoms with Gasteiger partial charge in [0, 0.05) is 17.8 Å². The number of hydrogen-bond acceptors (Lipinski definition) is 7. The van der Waals surface area contributed by atoms with Crippen molar-refractivity contribution in [3.05, 3.63) is 11.6 Å². The lowest BCUT2D eigenvalue weighted by Crippen LogP contribution is -2.60. The Labute approximate surface area is 197 Å². The molecule has 3 saturated carbocycles. The predicted molar refractivity (Wildman–Crippen MR) is 116 cm³/mol. The van der Waals surface area contributed by atoms with Crippen molar-refractivity contribution in [1.29, 1.82) is 0 Å². The SMILES string of the molecule is C[C@]12CCC(=O)C=C1CC[C@@H]1[C@@H]2[C@@H](O)C[C@]2(C(=O)CC(=O)O)[C@@H](C(=O)C(O)CC(=O)O)CC[C@@H]12. The number of allylic oxidation sites excluding steroid dienone is 1.